The number of rotatable bonds is 0. The summed E-state index contributed by atoms with van der Waals surface area (Å²) in [4.78, 5) is 17.5. The van der Waals surface area contributed by atoms with E-state index in [1.807, 2.05) is 11.0 Å². The van der Waals surface area contributed by atoms with E-state index in [1.165, 1.54) is 23.8 Å². The first-order valence-electron chi connectivity index (χ1n) is 6.85. The minimum Gasteiger partial charge on any atom is -0.453 e. The number of aromatic nitrogens is 1. The zero-order chi connectivity index (χ0) is 13.9. The second kappa shape index (κ2) is 4.25. The molecule has 2 aromatic rings. The molecule has 0 saturated carbocycles. The lowest BCUT2D eigenvalue weighted by Crippen LogP contribution is -2.41. The highest BCUT2D eigenvalue weighted by Gasteiger charge is 2.44. The monoisotopic (exact) mass is 334 g/mol. The molecule has 0 radical (unpaired) electrons. The molecule has 20 heavy (non-hydrogen) atoms. The van der Waals surface area contributed by atoms with Gasteiger partial charge in [-0.3, -0.25) is 4.90 Å². The summed E-state index contributed by atoms with van der Waals surface area (Å²) in [6.07, 6.45) is 2.77. The van der Waals surface area contributed by atoms with Gasteiger partial charge in [0.1, 0.15) is 0 Å². The third-order valence-electron chi connectivity index (χ3n) is 4.54. The predicted octanol–water partition coefficient (Wildman–Crippen LogP) is 3.76. The van der Waals surface area contributed by atoms with Crippen molar-refractivity contribution in [2.75, 3.05) is 7.11 Å². The number of aromatic amines is 1. The van der Waals surface area contributed by atoms with Gasteiger partial charge in [0, 0.05) is 39.1 Å². The summed E-state index contributed by atoms with van der Waals surface area (Å²) in [5.41, 5.74) is 3.71. The van der Waals surface area contributed by atoms with Crippen molar-refractivity contribution in [3.05, 3.63) is 33.9 Å². The molecule has 3 heterocycles. The summed E-state index contributed by atoms with van der Waals surface area (Å²) >= 11 is 3.54. The average Bonchev–Trinajstić information content (AvgIpc) is 2.95. The van der Waals surface area contributed by atoms with Crippen LogP contribution in [0.25, 0.3) is 10.9 Å². The molecule has 4 nitrogen and oxygen atoms in total. The second-order valence-electron chi connectivity index (χ2n) is 5.54. The standard InChI is InChI=1S/C15H15BrN2O2/c1-20-15(19)18-9-3-5-13(18)14-10-6-8(16)2-4-11(10)17-12(14)7-9/h2,4,6,9,13,17H,3,5,7H2,1H3. The number of hydrogen-bond acceptors (Lipinski definition) is 2. The molecule has 104 valence electrons. The number of carbonyl (C=O) groups excluding carboxylic acids is 1. The fourth-order valence-corrected chi connectivity index (χ4v) is 4.13. The van der Waals surface area contributed by atoms with E-state index >= 15 is 0 Å². The van der Waals surface area contributed by atoms with Crippen LogP contribution in [0.5, 0.6) is 0 Å². The first-order chi connectivity index (χ1) is 9.69. The summed E-state index contributed by atoms with van der Waals surface area (Å²) in [6.45, 7) is 0. The summed E-state index contributed by atoms with van der Waals surface area (Å²) in [5.74, 6) is 0. The van der Waals surface area contributed by atoms with E-state index in [1.54, 1.807) is 0 Å². The van der Waals surface area contributed by atoms with Crippen LogP contribution in [0.1, 0.15) is 30.1 Å². The Kier molecular flexibility index (Phi) is 2.61. The Bertz CT molecular complexity index is 709. The Hall–Kier alpha value is -1.49. The van der Waals surface area contributed by atoms with Gasteiger partial charge in [0.2, 0.25) is 0 Å². The van der Waals surface area contributed by atoms with E-state index in [9.17, 15) is 4.79 Å². The maximum Gasteiger partial charge on any atom is 0.410 e. The number of nitrogens with zero attached hydrogens (tertiary/aromatic N) is 1. The fraction of sp³-hybridized carbons (Fsp3) is 0.400. The summed E-state index contributed by atoms with van der Waals surface area (Å²) in [6, 6.07) is 6.70. The van der Waals surface area contributed by atoms with E-state index in [0.717, 1.165) is 29.3 Å². The Morgan fingerprint density at radius 3 is 3.10 bits per heavy atom. The van der Waals surface area contributed by atoms with Gasteiger partial charge in [-0.2, -0.15) is 0 Å². The Morgan fingerprint density at radius 2 is 2.30 bits per heavy atom. The summed E-state index contributed by atoms with van der Waals surface area (Å²) in [5, 5.41) is 1.22. The van der Waals surface area contributed by atoms with Gasteiger partial charge >= 0.3 is 6.09 Å². The lowest BCUT2D eigenvalue weighted by molar-refractivity contribution is 0.0980. The Labute approximate surface area is 125 Å². The van der Waals surface area contributed by atoms with Crippen molar-refractivity contribution in [3.63, 3.8) is 0 Å². The number of nitrogens with one attached hydrogen (secondary N) is 1. The van der Waals surface area contributed by atoms with E-state index < -0.39 is 0 Å². The molecule has 4 rings (SSSR count). The number of amides is 1. The van der Waals surface area contributed by atoms with Crippen molar-refractivity contribution in [2.45, 2.75) is 31.3 Å². The van der Waals surface area contributed by atoms with Gasteiger partial charge in [0.05, 0.1) is 13.2 Å². The topological polar surface area (TPSA) is 45.3 Å². The van der Waals surface area contributed by atoms with Gasteiger partial charge in [0.15, 0.2) is 0 Å². The lowest BCUT2D eigenvalue weighted by Gasteiger charge is -2.33. The molecule has 2 aliphatic rings. The molecule has 1 N–H and O–H groups in total. The molecule has 2 aliphatic heterocycles. The van der Waals surface area contributed by atoms with Crippen LogP contribution >= 0.6 is 15.9 Å². The van der Waals surface area contributed by atoms with Gasteiger partial charge < -0.3 is 9.72 Å². The van der Waals surface area contributed by atoms with Gasteiger partial charge in [-0.05, 0) is 31.0 Å². The predicted molar refractivity (Wildman–Crippen MR) is 79.7 cm³/mol. The molecule has 1 fully saturated rings. The number of carbonyl (C=O) groups is 1. The van der Waals surface area contributed by atoms with Crippen molar-refractivity contribution in [2.24, 2.45) is 0 Å². The number of methoxy groups -OCH3 is 1. The number of H-pyrrole nitrogens is 1. The number of ether oxygens (including phenoxy) is 1. The van der Waals surface area contributed by atoms with Crippen molar-refractivity contribution in [1.29, 1.82) is 0 Å². The van der Waals surface area contributed by atoms with Crippen molar-refractivity contribution < 1.29 is 9.53 Å². The normalized spacial score (nSPS) is 24.0. The van der Waals surface area contributed by atoms with Crippen LogP contribution in [0.15, 0.2) is 22.7 Å². The molecule has 0 spiro atoms. The van der Waals surface area contributed by atoms with Crippen LogP contribution in [-0.4, -0.2) is 29.1 Å². The highest BCUT2D eigenvalue weighted by molar-refractivity contribution is 9.10. The molecule has 1 saturated heterocycles. The molecule has 2 bridgehead atoms. The molecule has 2 atom stereocenters. The highest BCUT2D eigenvalue weighted by atomic mass is 79.9. The number of fused-ring (bicyclic) bond motifs is 6. The maximum atomic E-state index is 12.0. The number of halogens is 1. The quantitative estimate of drug-likeness (QED) is 0.797. The Morgan fingerprint density at radius 1 is 1.45 bits per heavy atom. The maximum absolute atomic E-state index is 12.0. The van der Waals surface area contributed by atoms with Gasteiger partial charge in [-0.15, -0.1) is 0 Å². The minimum atomic E-state index is -0.201. The largest absolute Gasteiger partial charge is 0.453 e. The van der Waals surface area contributed by atoms with E-state index in [4.69, 9.17) is 4.74 Å². The van der Waals surface area contributed by atoms with Crippen molar-refractivity contribution >= 4 is 32.9 Å². The highest BCUT2D eigenvalue weighted by Crippen LogP contribution is 2.47. The van der Waals surface area contributed by atoms with E-state index in [0.29, 0.717) is 0 Å². The van der Waals surface area contributed by atoms with Crippen LogP contribution in [0.3, 0.4) is 0 Å². The SMILES string of the molecule is COC(=O)N1C2CCC1c1c([nH]c3ccc(Br)cc13)C2. The van der Waals surface area contributed by atoms with Gasteiger partial charge in [-0.1, -0.05) is 15.9 Å². The smallest absolute Gasteiger partial charge is 0.410 e. The second-order valence-corrected chi connectivity index (χ2v) is 6.45. The zero-order valence-electron chi connectivity index (χ0n) is 11.1. The van der Waals surface area contributed by atoms with Crippen LogP contribution in [0, 0.1) is 0 Å². The minimum absolute atomic E-state index is 0.152. The molecular formula is C15H15BrN2O2. The lowest BCUT2D eigenvalue weighted by atomic mass is 9.97. The van der Waals surface area contributed by atoms with Gasteiger partial charge in [0.25, 0.3) is 0 Å². The molecule has 5 heteroatoms. The molecular weight excluding hydrogens is 320 g/mol. The molecule has 1 aromatic heterocycles. The summed E-state index contributed by atoms with van der Waals surface area (Å²) in [7, 11) is 1.46. The van der Waals surface area contributed by atoms with Crippen LogP contribution in [0.2, 0.25) is 0 Å². The van der Waals surface area contributed by atoms with Crippen molar-refractivity contribution in [3.8, 4) is 0 Å². The third-order valence-corrected chi connectivity index (χ3v) is 5.04. The van der Waals surface area contributed by atoms with Crippen LogP contribution in [-0.2, 0) is 11.2 Å². The van der Waals surface area contributed by atoms with Crippen LogP contribution < -0.4 is 0 Å². The molecule has 2 unspecified atom stereocenters. The molecule has 1 aromatic carbocycles. The fourth-order valence-electron chi connectivity index (χ4n) is 3.77. The molecule has 1 amide bonds. The number of hydrogen-bond donors (Lipinski definition) is 1. The third kappa shape index (κ3) is 1.56. The van der Waals surface area contributed by atoms with E-state index in [2.05, 4.69) is 33.0 Å². The first-order valence-corrected chi connectivity index (χ1v) is 7.64. The average molecular weight is 335 g/mol. The summed E-state index contributed by atoms with van der Waals surface area (Å²) < 4.78 is 6.03. The zero-order valence-corrected chi connectivity index (χ0v) is 12.7. The van der Waals surface area contributed by atoms with Crippen LogP contribution in [0.4, 0.5) is 4.79 Å². The van der Waals surface area contributed by atoms with Gasteiger partial charge in [-0.25, -0.2) is 4.79 Å². The Balaban J connectivity index is 1.91. The first kappa shape index (κ1) is 12.3. The molecule has 0 aliphatic carbocycles. The van der Waals surface area contributed by atoms with Crippen molar-refractivity contribution in [1.82, 2.24) is 9.88 Å². The number of benzene rings is 1. The van der Waals surface area contributed by atoms with E-state index in [-0.39, 0.29) is 18.2 Å².